The Morgan fingerprint density at radius 2 is 2.00 bits per heavy atom. The maximum absolute atomic E-state index is 12.3. The Kier molecular flexibility index (Phi) is 5.58. The summed E-state index contributed by atoms with van der Waals surface area (Å²) in [5, 5.41) is 10.2. The Hall–Kier alpha value is -2.11. The summed E-state index contributed by atoms with van der Waals surface area (Å²) in [7, 11) is 2.86. The zero-order valence-corrected chi connectivity index (χ0v) is 14.1. The van der Waals surface area contributed by atoms with Gasteiger partial charge in [-0.05, 0) is 38.5 Å². The molecule has 126 valence electrons. The second-order valence-electron chi connectivity index (χ2n) is 5.94. The van der Waals surface area contributed by atoms with Crippen LogP contribution in [-0.2, 0) is 14.1 Å². The van der Waals surface area contributed by atoms with Gasteiger partial charge < -0.3 is 5.11 Å². The van der Waals surface area contributed by atoms with Crippen LogP contribution in [0, 0.1) is 0 Å². The van der Waals surface area contributed by atoms with Crippen molar-refractivity contribution in [3.63, 3.8) is 0 Å². The molecule has 6 nitrogen and oxygen atoms in total. The number of hydrogen-bond acceptors (Lipinski definition) is 4. The molecule has 1 aliphatic carbocycles. The van der Waals surface area contributed by atoms with Gasteiger partial charge in [0, 0.05) is 20.6 Å². The highest BCUT2D eigenvalue weighted by molar-refractivity contribution is 6.01. The molecule has 1 aliphatic rings. The number of rotatable bonds is 5. The van der Waals surface area contributed by atoms with E-state index >= 15 is 0 Å². The van der Waals surface area contributed by atoms with E-state index in [1.54, 1.807) is 0 Å². The van der Waals surface area contributed by atoms with Crippen LogP contribution in [0.2, 0.25) is 0 Å². The number of nitrogens with zero attached hydrogens (tertiary/aromatic N) is 3. The van der Waals surface area contributed by atoms with Gasteiger partial charge in [-0.3, -0.25) is 18.9 Å². The predicted octanol–water partition coefficient (Wildman–Crippen LogP) is 1.88. The summed E-state index contributed by atoms with van der Waals surface area (Å²) in [5.41, 5.74) is 1.07. The number of hydrogen-bond donors (Lipinski definition) is 1. The van der Waals surface area contributed by atoms with Crippen LogP contribution in [0.3, 0.4) is 0 Å². The van der Waals surface area contributed by atoms with Crippen molar-refractivity contribution in [2.45, 2.75) is 45.4 Å². The molecule has 0 bridgehead atoms. The molecule has 1 aromatic rings. The normalized spacial score (nSPS) is 15.6. The van der Waals surface area contributed by atoms with Gasteiger partial charge in [-0.2, -0.15) is 0 Å². The lowest BCUT2D eigenvalue weighted by molar-refractivity contribution is 0.410. The standard InChI is InChI=1S/C17H25N3O3/c1-4-13(18-11-10-12-8-6-5-7-9-12)14-15(21)19(2)17(23)20(3)16(14)22/h8,21H,4-7,9-11H2,1-3H3. The summed E-state index contributed by atoms with van der Waals surface area (Å²) in [6.45, 7) is 2.49. The van der Waals surface area contributed by atoms with E-state index in [1.165, 1.54) is 32.5 Å². The molecule has 0 fully saturated rings. The van der Waals surface area contributed by atoms with E-state index in [9.17, 15) is 14.7 Å². The molecule has 0 spiro atoms. The molecule has 1 N–H and O–H groups in total. The first-order valence-corrected chi connectivity index (χ1v) is 8.18. The average molecular weight is 319 g/mol. The third-order valence-electron chi connectivity index (χ3n) is 4.38. The van der Waals surface area contributed by atoms with Crippen LogP contribution in [0.1, 0.15) is 51.0 Å². The fraction of sp³-hybridized carbons (Fsp3) is 0.588. The molecule has 0 unspecified atom stereocenters. The molecule has 0 radical (unpaired) electrons. The third-order valence-corrected chi connectivity index (χ3v) is 4.38. The SMILES string of the molecule is CCC(=NCCC1=CCCCC1)c1c(O)n(C)c(=O)n(C)c1=O. The number of aromatic hydroxyl groups is 1. The van der Waals surface area contributed by atoms with Crippen LogP contribution in [0.4, 0.5) is 0 Å². The topological polar surface area (TPSA) is 76.6 Å². The summed E-state index contributed by atoms with van der Waals surface area (Å²) in [4.78, 5) is 28.7. The maximum Gasteiger partial charge on any atom is 0.333 e. The van der Waals surface area contributed by atoms with Crippen molar-refractivity contribution in [2.75, 3.05) is 6.54 Å². The van der Waals surface area contributed by atoms with E-state index in [-0.39, 0.29) is 11.4 Å². The van der Waals surface area contributed by atoms with Gasteiger partial charge in [0.1, 0.15) is 5.56 Å². The van der Waals surface area contributed by atoms with Gasteiger partial charge in [-0.15, -0.1) is 0 Å². The molecule has 23 heavy (non-hydrogen) atoms. The Bertz CT molecular complexity index is 754. The van der Waals surface area contributed by atoms with Crippen LogP contribution in [0.25, 0.3) is 0 Å². The van der Waals surface area contributed by atoms with E-state index in [2.05, 4.69) is 11.1 Å². The zero-order valence-electron chi connectivity index (χ0n) is 14.1. The van der Waals surface area contributed by atoms with Crippen molar-refractivity contribution in [3.8, 4) is 5.88 Å². The van der Waals surface area contributed by atoms with Crippen LogP contribution < -0.4 is 11.2 Å². The molecule has 6 heteroatoms. The summed E-state index contributed by atoms with van der Waals surface area (Å²) in [6, 6.07) is 0. The molecule has 0 saturated carbocycles. The lowest BCUT2D eigenvalue weighted by Gasteiger charge is -2.13. The first-order chi connectivity index (χ1) is 11.0. The summed E-state index contributed by atoms with van der Waals surface area (Å²) < 4.78 is 2.08. The molecule has 1 aromatic heterocycles. The number of allylic oxidation sites excluding steroid dienone is 1. The van der Waals surface area contributed by atoms with Crippen molar-refractivity contribution in [1.82, 2.24) is 9.13 Å². The van der Waals surface area contributed by atoms with Gasteiger partial charge in [-0.25, -0.2) is 4.79 Å². The molecule has 0 aromatic carbocycles. The molecule has 0 atom stereocenters. The second-order valence-corrected chi connectivity index (χ2v) is 5.94. The molecule has 0 saturated heterocycles. The Morgan fingerprint density at radius 1 is 1.26 bits per heavy atom. The van der Waals surface area contributed by atoms with Gasteiger partial charge in [0.15, 0.2) is 0 Å². The maximum atomic E-state index is 12.3. The van der Waals surface area contributed by atoms with Crippen molar-refractivity contribution < 1.29 is 5.11 Å². The van der Waals surface area contributed by atoms with Crippen LogP contribution in [0.15, 0.2) is 26.2 Å². The molecular formula is C17H25N3O3. The zero-order chi connectivity index (χ0) is 17.0. The fourth-order valence-electron chi connectivity index (χ4n) is 2.92. The van der Waals surface area contributed by atoms with Gasteiger partial charge >= 0.3 is 5.69 Å². The van der Waals surface area contributed by atoms with E-state index < -0.39 is 11.2 Å². The van der Waals surface area contributed by atoms with Crippen molar-refractivity contribution in [3.05, 3.63) is 38.1 Å². The van der Waals surface area contributed by atoms with Crippen molar-refractivity contribution in [2.24, 2.45) is 19.1 Å². The van der Waals surface area contributed by atoms with Crippen LogP contribution >= 0.6 is 0 Å². The lowest BCUT2D eigenvalue weighted by atomic mass is 9.97. The minimum absolute atomic E-state index is 0.134. The lowest BCUT2D eigenvalue weighted by Crippen LogP contribution is -2.40. The molecule has 1 heterocycles. The quantitative estimate of drug-likeness (QED) is 0.665. The number of aromatic nitrogens is 2. The highest BCUT2D eigenvalue weighted by Crippen LogP contribution is 2.20. The molecule has 0 amide bonds. The van der Waals surface area contributed by atoms with Crippen LogP contribution in [0.5, 0.6) is 5.88 Å². The first-order valence-electron chi connectivity index (χ1n) is 8.18. The molecular weight excluding hydrogens is 294 g/mol. The molecule has 2 rings (SSSR count). The summed E-state index contributed by atoms with van der Waals surface area (Å²) in [5.74, 6) is -0.310. The average Bonchev–Trinajstić information content (AvgIpc) is 2.58. The van der Waals surface area contributed by atoms with E-state index in [1.807, 2.05) is 6.92 Å². The Morgan fingerprint density at radius 3 is 2.61 bits per heavy atom. The minimum Gasteiger partial charge on any atom is -0.494 e. The van der Waals surface area contributed by atoms with E-state index in [0.717, 1.165) is 28.4 Å². The van der Waals surface area contributed by atoms with Gasteiger partial charge in [0.05, 0.1) is 5.71 Å². The van der Waals surface area contributed by atoms with E-state index in [4.69, 9.17) is 0 Å². The summed E-state index contributed by atoms with van der Waals surface area (Å²) >= 11 is 0. The predicted molar refractivity (Wildman–Crippen MR) is 91.5 cm³/mol. The fourth-order valence-corrected chi connectivity index (χ4v) is 2.92. The number of aliphatic imine (C=N–C) groups is 1. The van der Waals surface area contributed by atoms with Gasteiger partial charge in [-0.1, -0.05) is 18.6 Å². The monoisotopic (exact) mass is 319 g/mol. The van der Waals surface area contributed by atoms with E-state index in [0.29, 0.717) is 18.7 Å². The van der Waals surface area contributed by atoms with Crippen LogP contribution in [-0.4, -0.2) is 26.5 Å². The third kappa shape index (κ3) is 3.63. The summed E-state index contributed by atoms with van der Waals surface area (Å²) in [6.07, 6.45) is 8.46. The van der Waals surface area contributed by atoms with Gasteiger partial charge in [0.25, 0.3) is 5.56 Å². The first kappa shape index (κ1) is 17.2. The smallest absolute Gasteiger partial charge is 0.333 e. The minimum atomic E-state index is -0.543. The largest absolute Gasteiger partial charge is 0.494 e. The Labute approximate surface area is 135 Å². The van der Waals surface area contributed by atoms with Crippen molar-refractivity contribution >= 4 is 5.71 Å². The highest BCUT2D eigenvalue weighted by Gasteiger charge is 2.18. The van der Waals surface area contributed by atoms with Crippen molar-refractivity contribution in [1.29, 1.82) is 0 Å². The Balaban J connectivity index is 2.30. The second kappa shape index (κ2) is 7.44. The highest BCUT2D eigenvalue weighted by atomic mass is 16.3. The van der Waals surface area contributed by atoms with Gasteiger partial charge in [0.2, 0.25) is 5.88 Å². The molecule has 0 aliphatic heterocycles.